The Balaban J connectivity index is 1.40. The van der Waals surface area contributed by atoms with Crippen LogP contribution in [0.2, 0.25) is 5.02 Å². The van der Waals surface area contributed by atoms with Gasteiger partial charge in [-0.2, -0.15) is 4.68 Å². The number of benzene rings is 1. The zero-order valence-electron chi connectivity index (χ0n) is 18.1. The van der Waals surface area contributed by atoms with Gasteiger partial charge in [-0.3, -0.25) is 9.59 Å². The Hall–Kier alpha value is -2.34. The summed E-state index contributed by atoms with van der Waals surface area (Å²) in [6.07, 6.45) is 8.83. The lowest BCUT2D eigenvalue weighted by molar-refractivity contribution is -0.126. The first-order valence-electron chi connectivity index (χ1n) is 11.4. The molecular formula is C24H31ClN4O2. The highest BCUT2D eigenvalue weighted by atomic mass is 35.5. The molecule has 1 aromatic heterocycles. The maximum absolute atomic E-state index is 12.8. The average molecular weight is 443 g/mol. The maximum atomic E-state index is 12.8. The fourth-order valence-electron chi connectivity index (χ4n) is 4.58. The van der Waals surface area contributed by atoms with Crippen molar-refractivity contribution in [2.45, 2.75) is 64.3 Å². The number of nitrogens with one attached hydrogen (secondary N) is 1. The van der Waals surface area contributed by atoms with Gasteiger partial charge in [0, 0.05) is 36.1 Å². The molecule has 4 rings (SSSR count). The van der Waals surface area contributed by atoms with Crippen LogP contribution >= 0.6 is 11.6 Å². The second kappa shape index (κ2) is 9.86. The molecule has 1 aliphatic carbocycles. The maximum Gasteiger partial charge on any atom is 0.271 e. The number of carbonyl (C=O) groups excluding carboxylic acids is 1. The van der Waals surface area contributed by atoms with Gasteiger partial charge in [0.15, 0.2) is 0 Å². The summed E-state index contributed by atoms with van der Waals surface area (Å²) in [5, 5.41) is 8.49. The molecule has 1 amide bonds. The fraction of sp³-hybridized carbons (Fsp3) is 0.542. The van der Waals surface area contributed by atoms with Gasteiger partial charge in [0.1, 0.15) is 5.82 Å². The number of carbonyl (C=O) groups is 1. The zero-order valence-corrected chi connectivity index (χ0v) is 18.9. The van der Waals surface area contributed by atoms with E-state index in [2.05, 4.69) is 15.3 Å². The Labute approximate surface area is 188 Å². The van der Waals surface area contributed by atoms with E-state index in [0.29, 0.717) is 16.8 Å². The second-order valence-corrected chi connectivity index (χ2v) is 9.24. The van der Waals surface area contributed by atoms with Gasteiger partial charge in [-0.25, -0.2) is 0 Å². The van der Waals surface area contributed by atoms with Crippen LogP contribution in [0.25, 0.3) is 5.69 Å². The minimum atomic E-state index is -0.193. The van der Waals surface area contributed by atoms with Gasteiger partial charge in [-0.1, -0.05) is 43.4 Å². The van der Waals surface area contributed by atoms with Gasteiger partial charge in [0.25, 0.3) is 5.56 Å². The lowest BCUT2D eigenvalue weighted by Crippen LogP contribution is -2.44. The molecule has 1 saturated heterocycles. The van der Waals surface area contributed by atoms with Gasteiger partial charge in [-0.05, 0) is 56.4 Å². The van der Waals surface area contributed by atoms with Crippen molar-refractivity contribution in [2.24, 2.45) is 5.92 Å². The number of aryl methyl sites for hydroxylation is 1. The third-order valence-corrected chi connectivity index (χ3v) is 6.98. The lowest BCUT2D eigenvalue weighted by atomic mass is 9.95. The summed E-state index contributed by atoms with van der Waals surface area (Å²) in [6.45, 7) is 3.43. The van der Waals surface area contributed by atoms with E-state index < -0.39 is 0 Å². The van der Waals surface area contributed by atoms with Crippen LogP contribution in [0.4, 0.5) is 5.82 Å². The molecule has 1 aliphatic heterocycles. The molecule has 2 aromatic rings. The molecule has 166 valence electrons. The number of halogens is 1. The van der Waals surface area contributed by atoms with E-state index in [1.807, 2.05) is 19.1 Å². The smallest absolute Gasteiger partial charge is 0.271 e. The summed E-state index contributed by atoms with van der Waals surface area (Å²) in [4.78, 5) is 27.3. The molecule has 6 nitrogen and oxygen atoms in total. The number of amides is 1. The summed E-state index contributed by atoms with van der Waals surface area (Å²) in [5.74, 6) is 1.01. The molecule has 31 heavy (non-hydrogen) atoms. The van der Waals surface area contributed by atoms with E-state index in [0.717, 1.165) is 50.2 Å². The van der Waals surface area contributed by atoms with E-state index in [-0.39, 0.29) is 17.4 Å². The van der Waals surface area contributed by atoms with Crippen LogP contribution in [0.1, 0.15) is 56.9 Å². The van der Waals surface area contributed by atoms with E-state index in [9.17, 15) is 9.59 Å². The second-order valence-electron chi connectivity index (χ2n) is 8.83. The Morgan fingerprint density at radius 3 is 2.42 bits per heavy atom. The Morgan fingerprint density at radius 1 is 1.03 bits per heavy atom. The molecule has 0 atom stereocenters. The molecule has 1 N–H and O–H groups in total. The first kappa shape index (κ1) is 21.9. The predicted octanol–water partition coefficient (Wildman–Crippen LogP) is 4.25. The van der Waals surface area contributed by atoms with Gasteiger partial charge in [0.2, 0.25) is 5.91 Å². The average Bonchev–Trinajstić information content (AvgIpc) is 3.05. The summed E-state index contributed by atoms with van der Waals surface area (Å²) < 4.78 is 1.39. The van der Waals surface area contributed by atoms with Gasteiger partial charge in [0.05, 0.1) is 5.69 Å². The minimum Gasteiger partial charge on any atom is -0.355 e. The van der Waals surface area contributed by atoms with Crippen LogP contribution in [0.15, 0.2) is 35.1 Å². The van der Waals surface area contributed by atoms with Crippen LogP contribution in [0.3, 0.4) is 0 Å². The van der Waals surface area contributed by atoms with Crippen LogP contribution in [-0.2, 0) is 4.79 Å². The van der Waals surface area contributed by atoms with Gasteiger partial charge in [-0.15, -0.1) is 5.10 Å². The van der Waals surface area contributed by atoms with Gasteiger partial charge < -0.3 is 10.2 Å². The van der Waals surface area contributed by atoms with Crippen LogP contribution in [-0.4, -0.2) is 34.8 Å². The van der Waals surface area contributed by atoms with Crippen LogP contribution in [0.5, 0.6) is 0 Å². The van der Waals surface area contributed by atoms with E-state index in [1.54, 1.807) is 18.2 Å². The summed E-state index contributed by atoms with van der Waals surface area (Å²) in [5.41, 5.74) is 1.42. The first-order chi connectivity index (χ1) is 15.0. The quantitative estimate of drug-likeness (QED) is 0.719. The van der Waals surface area contributed by atoms with Crippen molar-refractivity contribution < 1.29 is 4.79 Å². The Kier molecular flexibility index (Phi) is 6.96. The highest BCUT2D eigenvalue weighted by Crippen LogP contribution is 2.24. The predicted molar refractivity (Wildman–Crippen MR) is 124 cm³/mol. The van der Waals surface area contributed by atoms with E-state index in [1.165, 1.54) is 30.4 Å². The van der Waals surface area contributed by atoms with Crippen molar-refractivity contribution in [3.05, 3.63) is 51.3 Å². The lowest BCUT2D eigenvalue weighted by Gasteiger charge is -2.33. The number of piperidine rings is 1. The molecule has 2 fully saturated rings. The van der Waals surface area contributed by atoms with Crippen LogP contribution in [0, 0.1) is 12.8 Å². The molecule has 0 radical (unpaired) electrons. The van der Waals surface area contributed by atoms with Crippen molar-refractivity contribution in [2.75, 3.05) is 18.0 Å². The first-order valence-corrected chi connectivity index (χ1v) is 11.8. The van der Waals surface area contributed by atoms with Crippen LogP contribution < -0.4 is 15.8 Å². The summed E-state index contributed by atoms with van der Waals surface area (Å²) in [6, 6.07) is 9.15. The number of hydrogen-bond acceptors (Lipinski definition) is 4. The van der Waals surface area contributed by atoms with E-state index in [4.69, 9.17) is 11.6 Å². The standard InChI is InChI=1S/C24H31ClN4O2/c1-17-8-9-20(16-21(17)25)29-23(30)11-10-22(27-29)28-14-12-18(13-15-28)24(31)26-19-6-4-2-3-5-7-19/h8-11,16,18-19H,2-7,12-15H2,1H3,(H,26,31). The molecule has 0 bridgehead atoms. The van der Waals surface area contributed by atoms with Crippen molar-refractivity contribution in [3.8, 4) is 5.69 Å². The van der Waals surface area contributed by atoms with Gasteiger partial charge >= 0.3 is 0 Å². The molecule has 7 heteroatoms. The number of rotatable bonds is 4. The molecule has 1 aromatic carbocycles. The molecule has 2 heterocycles. The number of hydrogen-bond donors (Lipinski definition) is 1. The van der Waals surface area contributed by atoms with Crippen molar-refractivity contribution in [1.29, 1.82) is 0 Å². The monoisotopic (exact) mass is 442 g/mol. The number of nitrogens with zero attached hydrogens (tertiary/aromatic N) is 3. The zero-order chi connectivity index (χ0) is 21.8. The largest absolute Gasteiger partial charge is 0.355 e. The molecular weight excluding hydrogens is 412 g/mol. The van der Waals surface area contributed by atoms with E-state index >= 15 is 0 Å². The molecule has 0 spiro atoms. The fourth-order valence-corrected chi connectivity index (χ4v) is 4.76. The highest BCUT2D eigenvalue weighted by Gasteiger charge is 2.27. The Bertz CT molecular complexity index is 974. The van der Waals surface area contributed by atoms with Crippen molar-refractivity contribution in [3.63, 3.8) is 0 Å². The van der Waals surface area contributed by atoms with Crippen molar-refractivity contribution >= 4 is 23.3 Å². The highest BCUT2D eigenvalue weighted by molar-refractivity contribution is 6.31. The SMILES string of the molecule is Cc1ccc(-n2nc(N3CCC(C(=O)NC4CCCCCC4)CC3)ccc2=O)cc1Cl. The molecule has 2 aliphatic rings. The summed E-state index contributed by atoms with van der Waals surface area (Å²) in [7, 11) is 0. The third kappa shape index (κ3) is 5.29. The molecule has 0 unspecified atom stereocenters. The Morgan fingerprint density at radius 2 is 1.74 bits per heavy atom. The molecule has 1 saturated carbocycles. The number of aromatic nitrogens is 2. The summed E-state index contributed by atoms with van der Waals surface area (Å²) >= 11 is 6.24. The minimum absolute atomic E-state index is 0.0568. The van der Waals surface area contributed by atoms with Crippen molar-refractivity contribution in [1.82, 2.24) is 15.1 Å². The topological polar surface area (TPSA) is 67.2 Å². The third-order valence-electron chi connectivity index (χ3n) is 6.58. The normalized spacial score (nSPS) is 18.6. The number of anilines is 1.